The summed E-state index contributed by atoms with van der Waals surface area (Å²) >= 11 is 0. The number of rotatable bonds is 22. The zero-order chi connectivity index (χ0) is 31.3. The summed E-state index contributed by atoms with van der Waals surface area (Å²) < 4.78 is 11.4. The summed E-state index contributed by atoms with van der Waals surface area (Å²) in [5, 5.41) is 0. The minimum absolute atomic E-state index is 0.480. The molecule has 0 atom stereocenters. The highest BCUT2D eigenvalue weighted by atomic mass is 28.3. The minimum atomic E-state index is -1.74. The number of hydrogen-bond donors (Lipinski definition) is 0. The number of hydrogen-bond acceptors (Lipinski definition) is 3. The molecular formula is C31H62O3Si6. The third kappa shape index (κ3) is 14.8. The van der Waals surface area contributed by atoms with Crippen LogP contribution >= 0.6 is 0 Å². The molecule has 0 spiro atoms. The molecule has 0 aliphatic rings. The van der Waals surface area contributed by atoms with Gasteiger partial charge in [-0.2, -0.15) is 0 Å². The molecule has 0 aromatic carbocycles. The number of ether oxygens (including phenoxy) is 2. The molecule has 228 valence electrons. The van der Waals surface area contributed by atoms with Crippen LogP contribution < -0.4 is 0 Å². The molecule has 0 saturated heterocycles. The second-order valence-electron chi connectivity index (χ2n) is 14.9. The van der Waals surface area contributed by atoms with Gasteiger partial charge in [-0.25, -0.2) is 4.79 Å². The number of carbonyl (C=O) groups is 1. The summed E-state index contributed by atoms with van der Waals surface area (Å²) in [4.78, 5) is 12.5. The van der Waals surface area contributed by atoms with E-state index in [2.05, 4.69) is 126 Å². The Bertz CT molecular complexity index is 778. The quantitative estimate of drug-likeness (QED) is 0.0864. The Morgan fingerprint density at radius 3 is 0.925 bits per heavy atom. The van der Waals surface area contributed by atoms with Gasteiger partial charge in [0.2, 0.25) is 0 Å². The molecule has 0 aliphatic carbocycles. The van der Waals surface area contributed by atoms with Crippen LogP contribution in [0.15, 0.2) is 73.7 Å². The Balaban J connectivity index is 4.67. The van der Waals surface area contributed by atoms with Crippen molar-refractivity contribution in [3.05, 3.63) is 73.7 Å². The van der Waals surface area contributed by atoms with Gasteiger partial charge in [-0.05, 0) is 12.1 Å². The number of carbonyl (C=O) groups excluding carboxylic acids is 1. The van der Waals surface area contributed by atoms with Gasteiger partial charge in [0.15, 0.2) is 0 Å². The highest BCUT2D eigenvalue weighted by Crippen LogP contribution is 2.30. The van der Waals surface area contributed by atoms with Gasteiger partial charge < -0.3 is 9.47 Å². The Morgan fingerprint density at radius 1 is 0.450 bits per heavy atom. The van der Waals surface area contributed by atoms with Gasteiger partial charge in [-0.15, -0.1) is 39.5 Å². The van der Waals surface area contributed by atoms with Crippen molar-refractivity contribution in [2.45, 2.75) is 101 Å². The van der Waals surface area contributed by atoms with E-state index in [1.165, 1.54) is 36.3 Å². The largest absolute Gasteiger partial charge is 0.507 e. The van der Waals surface area contributed by atoms with Crippen molar-refractivity contribution in [3.63, 3.8) is 0 Å². The SMILES string of the molecule is C=C[Si](C=C)(C=C)CC[Si](C)(C)CC[Si](C)(C)COC(=O)OC[Si](C)(C)CC[Si](C)(C)CC[Si](C=C)(C=C)C=C. The second kappa shape index (κ2) is 16.6. The molecule has 9 heteroatoms. The fraction of sp³-hybridized carbons (Fsp3) is 0.581. The molecule has 0 rings (SSSR count). The van der Waals surface area contributed by atoms with Gasteiger partial charge in [0.1, 0.15) is 16.1 Å². The molecular weight excluding hydrogens is 589 g/mol. The van der Waals surface area contributed by atoms with Crippen molar-refractivity contribution >= 4 is 54.6 Å². The first-order chi connectivity index (χ1) is 18.3. The first-order valence-electron chi connectivity index (χ1n) is 14.9. The average Bonchev–Trinajstić information content (AvgIpc) is 2.91. The van der Waals surface area contributed by atoms with Crippen molar-refractivity contribution in [3.8, 4) is 0 Å². The van der Waals surface area contributed by atoms with E-state index in [1.54, 1.807) is 0 Å². The van der Waals surface area contributed by atoms with E-state index >= 15 is 0 Å². The van der Waals surface area contributed by atoms with E-state index in [0.29, 0.717) is 12.5 Å². The molecule has 0 amide bonds. The van der Waals surface area contributed by atoms with E-state index in [4.69, 9.17) is 9.47 Å². The van der Waals surface area contributed by atoms with Crippen LogP contribution in [0.2, 0.25) is 101 Å². The maximum Gasteiger partial charge on any atom is 0.507 e. The van der Waals surface area contributed by atoms with Crippen LogP contribution in [-0.2, 0) is 9.47 Å². The van der Waals surface area contributed by atoms with Crippen molar-refractivity contribution in [2.75, 3.05) is 12.5 Å². The molecule has 0 aromatic heterocycles. The Morgan fingerprint density at radius 2 is 0.675 bits per heavy atom. The molecule has 0 aromatic rings. The smallest absolute Gasteiger partial charge is 0.438 e. The maximum absolute atomic E-state index is 12.5. The van der Waals surface area contributed by atoms with Crippen LogP contribution in [0.3, 0.4) is 0 Å². The fourth-order valence-electron chi connectivity index (χ4n) is 4.52. The third-order valence-corrected chi connectivity index (χ3v) is 29.1. The van der Waals surface area contributed by atoms with Crippen molar-refractivity contribution in [1.29, 1.82) is 0 Å². The molecule has 0 unspecified atom stereocenters. The standard InChI is InChI=1S/C31H62O3Si6/c1-15-39(16-2,17-3)27-25-35(7,8)21-23-37(11,12)29-33-31(32)34-30-38(13,14)24-22-36(9,10)26-28-40(18-4,19-5)20-6/h15-20H,1-6,21-30H2,7-14H3. The van der Waals surface area contributed by atoms with Gasteiger partial charge in [-0.1, -0.05) is 123 Å². The summed E-state index contributed by atoms with van der Waals surface area (Å²) in [5.74, 6) is 0. The zero-order valence-electron chi connectivity index (χ0n) is 27.5. The molecule has 0 aliphatic heterocycles. The molecule has 0 fully saturated rings. The zero-order valence-corrected chi connectivity index (χ0v) is 33.5. The Hall–Kier alpha value is -0.989. The first kappa shape index (κ1) is 39.0. The average molecular weight is 651 g/mol. The molecule has 0 saturated carbocycles. The summed E-state index contributed by atoms with van der Waals surface area (Å²) in [6.07, 6.45) is 0.584. The van der Waals surface area contributed by atoms with Crippen LogP contribution in [0.25, 0.3) is 0 Å². The summed E-state index contributed by atoms with van der Waals surface area (Å²) in [5.41, 5.74) is 12.6. The first-order valence-corrected chi connectivity index (χ1v) is 33.4. The van der Waals surface area contributed by atoms with Crippen molar-refractivity contribution in [2.24, 2.45) is 0 Å². The summed E-state index contributed by atoms with van der Waals surface area (Å²) in [7, 11) is -9.54. The lowest BCUT2D eigenvalue weighted by molar-refractivity contribution is 0.0777. The normalized spacial score (nSPS) is 13.2. The van der Waals surface area contributed by atoms with E-state index in [0.717, 1.165) is 12.1 Å². The van der Waals surface area contributed by atoms with E-state index in [1.807, 2.05) is 0 Å². The highest BCUT2D eigenvalue weighted by molar-refractivity contribution is 6.95. The van der Waals surface area contributed by atoms with E-state index in [-0.39, 0.29) is 0 Å². The fourth-order valence-corrected chi connectivity index (χ4v) is 28.3. The Labute approximate surface area is 254 Å². The lowest BCUT2D eigenvalue weighted by Gasteiger charge is -2.31. The molecule has 0 radical (unpaired) electrons. The molecule has 40 heavy (non-hydrogen) atoms. The summed E-state index contributed by atoms with van der Waals surface area (Å²) in [6.45, 7) is 43.6. The Kier molecular flexibility index (Phi) is 16.2. The van der Waals surface area contributed by atoms with Gasteiger partial charge >= 0.3 is 6.16 Å². The van der Waals surface area contributed by atoms with Crippen molar-refractivity contribution in [1.82, 2.24) is 0 Å². The summed E-state index contributed by atoms with van der Waals surface area (Å²) in [6, 6.07) is 9.72. The van der Waals surface area contributed by atoms with Crippen LogP contribution in [0.4, 0.5) is 4.79 Å². The minimum Gasteiger partial charge on any atom is -0.438 e. The van der Waals surface area contributed by atoms with Crippen LogP contribution in [0.5, 0.6) is 0 Å². The monoisotopic (exact) mass is 650 g/mol. The molecule has 0 heterocycles. The van der Waals surface area contributed by atoms with E-state index in [9.17, 15) is 4.79 Å². The van der Waals surface area contributed by atoms with Gasteiger partial charge in [-0.3, -0.25) is 0 Å². The predicted molar refractivity (Wildman–Crippen MR) is 198 cm³/mol. The second-order valence-corrected chi connectivity index (χ2v) is 43.7. The third-order valence-electron chi connectivity index (χ3n) is 8.87. The van der Waals surface area contributed by atoms with E-state index < -0.39 is 54.6 Å². The van der Waals surface area contributed by atoms with Crippen LogP contribution in [-0.4, -0.2) is 67.1 Å². The predicted octanol–water partition coefficient (Wildman–Crippen LogP) is 10.3. The molecule has 3 nitrogen and oxygen atoms in total. The van der Waals surface area contributed by atoms with Crippen molar-refractivity contribution < 1.29 is 14.3 Å². The molecule has 0 N–H and O–H groups in total. The van der Waals surface area contributed by atoms with Gasteiger partial charge in [0, 0.05) is 16.1 Å². The topological polar surface area (TPSA) is 35.5 Å². The molecule has 0 bridgehead atoms. The highest BCUT2D eigenvalue weighted by Gasteiger charge is 2.33. The van der Waals surface area contributed by atoms with Crippen LogP contribution in [0, 0.1) is 0 Å². The van der Waals surface area contributed by atoms with Gasteiger partial charge in [0.05, 0.1) is 28.6 Å². The maximum atomic E-state index is 12.5. The lowest BCUT2D eigenvalue weighted by Crippen LogP contribution is -2.40. The van der Waals surface area contributed by atoms with Crippen LogP contribution in [0.1, 0.15) is 0 Å². The lowest BCUT2D eigenvalue weighted by atomic mass is 10.9. The van der Waals surface area contributed by atoms with Gasteiger partial charge in [0.25, 0.3) is 0 Å².